The van der Waals surface area contributed by atoms with Crippen molar-refractivity contribution < 1.29 is 19.5 Å². The Morgan fingerprint density at radius 1 is 1.12 bits per heavy atom. The third-order valence-electron chi connectivity index (χ3n) is 4.22. The second-order valence-corrected chi connectivity index (χ2v) is 5.87. The SMILES string of the molecule is CCc1ccc(N[C@@H]2CC(=O)N(c3ccc(C(=O)O)cc3)C2=O)cc1. The van der Waals surface area contributed by atoms with Gasteiger partial charge < -0.3 is 10.4 Å². The van der Waals surface area contributed by atoms with Crippen molar-refractivity contribution >= 4 is 29.2 Å². The predicted octanol–water partition coefficient (Wildman–Crippen LogP) is 2.69. The van der Waals surface area contributed by atoms with E-state index in [0.29, 0.717) is 5.69 Å². The van der Waals surface area contributed by atoms with Gasteiger partial charge in [0.15, 0.2) is 0 Å². The summed E-state index contributed by atoms with van der Waals surface area (Å²) in [6, 6.07) is 12.8. The largest absolute Gasteiger partial charge is 0.478 e. The van der Waals surface area contributed by atoms with Crippen LogP contribution in [0.3, 0.4) is 0 Å². The van der Waals surface area contributed by atoms with Crippen molar-refractivity contribution in [2.75, 3.05) is 10.2 Å². The number of rotatable bonds is 5. The van der Waals surface area contributed by atoms with Crippen molar-refractivity contribution in [3.63, 3.8) is 0 Å². The average Bonchev–Trinajstić information content (AvgIpc) is 2.89. The number of anilines is 2. The van der Waals surface area contributed by atoms with Crippen molar-refractivity contribution in [3.8, 4) is 0 Å². The van der Waals surface area contributed by atoms with Crippen LogP contribution in [0.15, 0.2) is 48.5 Å². The maximum atomic E-state index is 12.6. The van der Waals surface area contributed by atoms with E-state index in [-0.39, 0.29) is 23.8 Å². The number of hydrogen-bond acceptors (Lipinski definition) is 4. The molecular weight excluding hydrogens is 320 g/mol. The van der Waals surface area contributed by atoms with Crippen LogP contribution in [0.5, 0.6) is 0 Å². The van der Waals surface area contributed by atoms with E-state index in [2.05, 4.69) is 12.2 Å². The van der Waals surface area contributed by atoms with Gasteiger partial charge in [-0.2, -0.15) is 0 Å². The monoisotopic (exact) mass is 338 g/mol. The standard InChI is InChI=1S/C19H18N2O4/c1-2-12-3-7-14(8-4-12)20-16-11-17(22)21(18(16)23)15-9-5-13(6-10-15)19(24)25/h3-10,16,20H,2,11H2,1H3,(H,24,25)/t16-/m1/s1. The van der Waals surface area contributed by atoms with Gasteiger partial charge in [0.1, 0.15) is 6.04 Å². The van der Waals surface area contributed by atoms with E-state index in [4.69, 9.17) is 5.11 Å². The van der Waals surface area contributed by atoms with Crippen LogP contribution in [0, 0.1) is 0 Å². The second kappa shape index (κ2) is 6.76. The highest BCUT2D eigenvalue weighted by molar-refractivity contribution is 6.23. The summed E-state index contributed by atoms with van der Waals surface area (Å²) in [7, 11) is 0. The first-order chi connectivity index (χ1) is 12.0. The number of nitrogens with one attached hydrogen (secondary N) is 1. The van der Waals surface area contributed by atoms with Crippen LogP contribution in [0.4, 0.5) is 11.4 Å². The van der Waals surface area contributed by atoms with Crippen LogP contribution in [0.2, 0.25) is 0 Å². The lowest BCUT2D eigenvalue weighted by molar-refractivity contribution is -0.121. The number of hydrogen-bond donors (Lipinski definition) is 2. The van der Waals surface area contributed by atoms with E-state index < -0.39 is 12.0 Å². The topological polar surface area (TPSA) is 86.7 Å². The number of nitrogens with zero attached hydrogens (tertiary/aromatic N) is 1. The minimum Gasteiger partial charge on any atom is -0.478 e. The van der Waals surface area contributed by atoms with Crippen LogP contribution in [-0.2, 0) is 16.0 Å². The fourth-order valence-corrected chi connectivity index (χ4v) is 2.81. The summed E-state index contributed by atoms with van der Waals surface area (Å²) >= 11 is 0. The molecule has 2 aromatic carbocycles. The molecule has 0 radical (unpaired) electrons. The maximum absolute atomic E-state index is 12.6. The normalized spacial score (nSPS) is 17.0. The van der Waals surface area contributed by atoms with E-state index in [1.54, 1.807) is 0 Å². The number of carbonyl (C=O) groups is 3. The summed E-state index contributed by atoms with van der Waals surface area (Å²) in [4.78, 5) is 36.8. The van der Waals surface area contributed by atoms with Gasteiger partial charge in [0.2, 0.25) is 5.91 Å². The predicted molar refractivity (Wildman–Crippen MR) is 93.7 cm³/mol. The van der Waals surface area contributed by atoms with E-state index in [9.17, 15) is 14.4 Å². The number of benzene rings is 2. The molecule has 1 atom stereocenters. The Balaban J connectivity index is 1.76. The molecule has 1 saturated heterocycles. The van der Waals surface area contributed by atoms with Gasteiger partial charge in [0.05, 0.1) is 17.7 Å². The third kappa shape index (κ3) is 3.38. The lowest BCUT2D eigenvalue weighted by Gasteiger charge is -2.16. The molecule has 0 aromatic heterocycles. The third-order valence-corrected chi connectivity index (χ3v) is 4.22. The number of aryl methyl sites for hydroxylation is 1. The number of aromatic carboxylic acids is 1. The number of carboxylic acids is 1. The van der Waals surface area contributed by atoms with Crippen LogP contribution < -0.4 is 10.2 Å². The molecular formula is C19H18N2O4. The molecule has 6 nitrogen and oxygen atoms in total. The minimum absolute atomic E-state index is 0.0645. The highest BCUT2D eigenvalue weighted by Crippen LogP contribution is 2.25. The summed E-state index contributed by atoms with van der Waals surface area (Å²) < 4.78 is 0. The van der Waals surface area contributed by atoms with Crippen molar-refractivity contribution in [1.82, 2.24) is 0 Å². The fourth-order valence-electron chi connectivity index (χ4n) is 2.81. The van der Waals surface area contributed by atoms with E-state index in [0.717, 1.165) is 17.0 Å². The summed E-state index contributed by atoms with van der Waals surface area (Å²) in [6.45, 7) is 2.06. The Labute approximate surface area is 145 Å². The molecule has 2 aromatic rings. The molecule has 1 aliphatic rings. The van der Waals surface area contributed by atoms with Crippen LogP contribution in [0.25, 0.3) is 0 Å². The molecule has 1 fully saturated rings. The average molecular weight is 338 g/mol. The Bertz CT molecular complexity index is 812. The van der Waals surface area contributed by atoms with Gasteiger partial charge in [-0.3, -0.25) is 9.59 Å². The zero-order valence-corrected chi connectivity index (χ0v) is 13.7. The number of carbonyl (C=O) groups excluding carboxylic acids is 2. The summed E-state index contributed by atoms with van der Waals surface area (Å²) in [5.74, 6) is -1.70. The first kappa shape index (κ1) is 16.7. The second-order valence-electron chi connectivity index (χ2n) is 5.87. The maximum Gasteiger partial charge on any atom is 0.335 e. The summed E-state index contributed by atoms with van der Waals surface area (Å²) in [6.07, 6.45) is 0.996. The number of imide groups is 1. The highest BCUT2D eigenvalue weighted by Gasteiger charge is 2.39. The molecule has 2 N–H and O–H groups in total. The fraction of sp³-hybridized carbons (Fsp3) is 0.211. The summed E-state index contributed by atoms with van der Waals surface area (Å²) in [5, 5.41) is 12.0. The van der Waals surface area contributed by atoms with Gasteiger partial charge in [-0.1, -0.05) is 19.1 Å². The number of amides is 2. The molecule has 1 aliphatic heterocycles. The van der Waals surface area contributed by atoms with E-state index >= 15 is 0 Å². The molecule has 2 amide bonds. The van der Waals surface area contributed by atoms with Crippen LogP contribution in [0.1, 0.15) is 29.3 Å². The van der Waals surface area contributed by atoms with Gasteiger partial charge in [-0.15, -0.1) is 0 Å². The smallest absolute Gasteiger partial charge is 0.335 e. The quantitative estimate of drug-likeness (QED) is 0.819. The molecule has 25 heavy (non-hydrogen) atoms. The van der Waals surface area contributed by atoms with Gasteiger partial charge in [0.25, 0.3) is 5.91 Å². The molecule has 0 saturated carbocycles. The number of carboxylic acid groups (broad SMARTS) is 1. The van der Waals surface area contributed by atoms with E-state index in [1.165, 1.54) is 29.8 Å². The Hall–Kier alpha value is -3.15. The molecule has 3 rings (SSSR count). The van der Waals surface area contributed by atoms with Gasteiger partial charge in [0, 0.05) is 5.69 Å². The van der Waals surface area contributed by atoms with Gasteiger partial charge in [-0.05, 0) is 48.4 Å². The highest BCUT2D eigenvalue weighted by atomic mass is 16.4. The Morgan fingerprint density at radius 2 is 1.76 bits per heavy atom. The van der Waals surface area contributed by atoms with Crippen molar-refractivity contribution in [2.45, 2.75) is 25.8 Å². The zero-order chi connectivity index (χ0) is 18.0. The minimum atomic E-state index is -1.05. The molecule has 0 unspecified atom stereocenters. The van der Waals surface area contributed by atoms with Crippen molar-refractivity contribution in [2.24, 2.45) is 0 Å². The first-order valence-corrected chi connectivity index (χ1v) is 8.05. The van der Waals surface area contributed by atoms with Gasteiger partial charge in [-0.25, -0.2) is 9.69 Å². The zero-order valence-electron chi connectivity index (χ0n) is 13.7. The van der Waals surface area contributed by atoms with Crippen LogP contribution in [-0.4, -0.2) is 28.9 Å². The van der Waals surface area contributed by atoms with Crippen molar-refractivity contribution in [3.05, 3.63) is 59.7 Å². The molecule has 0 bridgehead atoms. The van der Waals surface area contributed by atoms with Crippen LogP contribution >= 0.6 is 0 Å². The lowest BCUT2D eigenvalue weighted by atomic mass is 10.1. The Kier molecular flexibility index (Phi) is 4.52. The molecule has 0 spiro atoms. The molecule has 128 valence electrons. The molecule has 6 heteroatoms. The molecule has 1 heterocycles. The Morgan fingerprint density at radius 3 is 2.32 bits per heavy atom. The summed E-state index contributed by atoms with van der Waals surface area (Å²) in [5.41, 5.74) is 2.46. The lowest BCUT2D eigenvalue weighted by Crippen LogP contribution is -2.34. The van der Waals surface area contributed by atoms with E-state index in [1.807, 2.05) is 24.3 Å². The van der Waals surface area contributed by atoms with Crippen molar-refractivity contribution in [1.29, 1.82) is 0 Å². The van der Waals surface area contributed by atoms with Gasteiger partial charge >= 0.3 is 5.97 Å². The first-order valence-electron chi connectivity index (χ1n) is 8.05. The molecule has 0 aliphatic carbocycles.